The number of likely N-dealkylation sites (tertiary alicyclic amines) is 1. The molecule has 0 radical (unpaired) electrons. The van der Waals surface area contributed by atoms with Crippen LogP contribution in [0.25, 0.3) is 10.8 Å². The summed E-state index contributed by atoms with van der Waals surface area (Å²) >= 11 is 12.7. The molecule has 0 N–H and O–H groups in total. The number of piperidine rings is 1. The Morgan fingerprint density at radius 2 is 1.75 bits per heavy atom. The molecule has 4 aromatic carbocycles. The van der Waals surface area contributed by atoms with Gasteiger partial charge in [-0.2, -0.15) is 5.26 Å². The van der Waals surface area contributed by atoms with Crippen molar-refractivity contribution in [3.63, 3.8) is 0 Å². The quantitative estimate of drug-likeness (QED) is 0.158. The monoisotopic (exact) mass is 723 g/mol. The van der Waals surface area contributed by atoms with E-state index in [1.54, 1.807) is 37.4 Å². The molecule has 11 heteroatoms. The smallest absolute Gasteiger partial charge is 0.255 e. The first kappa shape index (κ1) is 36.0. The van der Waals surface area contributed by atoms with Gasteiger partial charge in [-0.1, -0.05) is 59.6 Å². The summed E-state index contributed by atoms with van der Waals surface area (Å²) in [6.45, 7) is 2.99. The van der Waals surface area contributed by atoms with Gasteiger partial charge in [0.05, 0.1) is 54.8 Å². The number of amides is 1. The highest BCUT2D eigenvalue weighted by Gasteiger charge is 2.28. The maximum Gasteiger partial charge on any atom is 0.255 e. The largest absolute Gasteiger partial charge is 0.497 e. The molecule has 0 aromatic heterocycles. The molecule has 1 aliphatic rings. The first-order valence-electron chi connectivity index (χ1n) is 15.8. The van der Waals surface area contributed by atoms with Crippen LogP contribution in [-0.2, 0) is 21.6 Å². The van der Waals surface area contributed by atoms with E-state index in [4.69, 9.17) is 27.9 Å². The summed E-state index contributed by atoms with van der Waals surface area (Å²) in [5.41, 5.74) is 2.64. The van der Waals surface area contributed by atoms with Crippen LogP contribution < -0.4 is 4.74 Å². The van der Waals surface area contributed by atoms with Gasteiger partial charge in [-0.3, -0.25) is 13.2 Å². The van der Waals surface area contributed by atoms with Crippen molar-refractivity contribution in [3.05, 3.63) is 99.0 Å². The number of fused-ring (bicyclic) bond motifs is 1. The number of rotatable bonds is 11. The number of halogens is 2. The second-order valence-corrected chi connectivity index (χ2v) is 15.7. The lowest BCUT2D eigenvalue weighted by molar-refractivity contribution is 0.0780. The molecule has 7 nitrogen and oxygen atoms in total. The third-order valence-corrected chi connectivity index (χ3v) is 11.9. The van der Waals surface area contributed by atoms with E-state index in [1.165, 1.54) is 6.26 Å². The second kappa shape index (κ2) is 16.0. The van der Waals surface area contributed by atoms with Gasteiger partial charge in [0.15, 0.2) is 0 Å². The second-order valence-electron chi connectivity index (χ2n) is 12.2. The van der Waals surface area contributed by atoms with Gasteiger partial charge < -0.3 is 14.5 Å². The Morgan fingerprint density at radius 3 is 2.40 bits per heavy atom. The maximum atomic E-state index is 14.2. The first-order valence-corrected chi connectivity index (χ1v) is 19.6. The van der Waals surface area contributed by atoms with Gasteiger partial charge in [0, 0.05) is 36.9 Å². The van der Waals surface area contributed by atoms with Crippen molar-refractivity contribution in [3.8, 4) is 11.8 Å². The summed E-state index contributed by atoms with van der Waals surface area (Å²) in [7, 11) is 0.692. The molecule has 1 saturated heterocycles. The highest BCUT2D eigenvalue weighted by atomic mass is 35.5. The number of methoxy groups -OCH3 is 1. The molecule has 48 heavy (non-hydrogen) atoms. The lowest BCUT2D eigenvalue weighted by Gasteiger charge is -2.34. The SMILES string of the molecule is COc1ccc(C2CCN(CCC(CN(C)C(=O)c3c(S(C)=O)c(C#N)cc4ccccc34)c3ccc(Cl)c(Cl)c3)CC2)c([S@](C)=O)c1. The average molecular weight is 725 g/mol. The summed E-state index contributed by atoms with van der Waals surface area (Å²) in [6.07, 6.45) is 5.87. The van der Waals surface area contributed by atoms with Gasteiger partial charge in [-0.15, -0.1) is 0 Å². The topological polar surface area (TPSA) is 90.7 Å². The van der Waals surface area contributed by atoms with E-state index < -0.39 is 21.6 Å². The van der Waals surface area contributed by atoms with Gasteiger partial charge >= 0.3 is 0 Å². The number of benzene rings is 4. The molecule has 2 unspecified atom stereocenters. The zero-order valence-electron chi connectivity index (χ0n) is 27.5. The highest BCUT2D eigenvalue weighted by Crippen LogP contribution is 2.35. The molecule has 5 rings (SSSR count). The molecular formula is C37H39Cl2N3O4S2. The van der Waals surface area contributed by atoms with Gasteiger partial charge in [0.2, 0.25) is 0 Å². The molecular weight excluding hydrogens is 685 g/mol. The van der Waals surface area contributed by atoms with Crippen molar-refractivity contribution in [1.82, 2.24) is 9.80 Å². The number of nitrogens with zero attached hydrogens (tertiary/aromatic N) is 3. The van der Waals surface area contributed by atoms with Gasteiger partial charge in [-0.25, -0.2) is 0 Å². The molecule has 252 valence electrons. The Morgan fingerprint density at radius 1 is 1.02 bits per heavy atom. The molecule has 0 aliphatic carbocycles. The molecule has 0 spiro atoms. The van der Waals surface area contributed by atoms with Gasteiger partial charge in [0.25, 0.3) is 5.91 Å². The first-order chi connectivity index (χ1) is 23.0. The van der Waals surface area contributed by atoms with Gasteiger partial charge in [0.1, 0.15) is 11.8 Å². The minimum atomic E-state index is -1.56. The minimum absolute atomic E-state index is 0.0665. The van der Waals surface area contributed by atoms with Crippen LogP contribution >= 0.6 is 23.2 Å². The van der Waals surface area contributed by atoms with Crippen LogP contribution in [0.3, 0.4) is 0 Å². The Bertz CT molecular complexity index is 1920. The summed E-state index contributed by atoms with van der Waals surface area (Å²) in [5.74, 6) is 0.674. The lowest BCUT2D eigenvalue weighted by Crippen LogP contribution is -2.36. The van der Waals surface area contributed by atoms with Crippen LogP contribution in [0.15, 0.2) is 76.5 Å². The maximum absolute atomic E-state index is 14.2. The van der Waals surface area contributed by atoms with Crippen molar-refractivity contribution in [1.29, 1.82) is 5.26 Å². The Labute approximate surface area is 297 Å². The fourth-order valence-corrected chi connectivity index (χ4v) is 8.74. The molecule has 0 bridgehead atoms. The fraction of sp³-hybridized carbons (Fsp3) is 0.351. The molecule has 0 saturated carbocycles. The van der Waals surface area contributed by atoms with E-state index in [2.05, 4.69) is 17.0 Å². The van der Waals surface area contributed by atoms with E-state index in [0.717, 1.165) is 60.3 Å². The molecule has 4 aromatic rings. The number of hydrogen-bond donors (Lipinski definition) is 0. The van der Waals surface area contributed by atoms with Crippen molar-refractivity contribution in [2.45, 2.75) is 40.9 Å². The molecule has 1 amide bonds. The zero-order valence-corrected chi connectivity index (χ0v) is 30.6. The lowest BCUT2D eigenvalue weighted by atomic mass is 9.88. The summed E-state index contributed by atoms with van der Waals surface area (Å²) in [5, 5.41) is 12.2. The van der Waals surface area contributed by atoms with Crippen LogP contribution in [0.2, 0.25) is 10.0 Å². The van der Waals surface area contributed by atoms with E-state index in [-0.39, 0.29) is 22.3 Å². The Kier molecular flexibility index (Phi) is 12.0. The van der Waals surface area contributed by atoms with E-state index >= 15 is 0 Å². The van der Waals surface area contributed by atoms with Gasteiger partial charge in [-0.05, 0) is 97.0 Å². The van der Waals surface area contributed by atoms with Crippen LogP contribution in [0.1, 0.15) is 58.1 Å². The Hall–Kier alpha value is -3.26. The van der Waals surface area contributed by atoms with E-state index in [1.807, 2.05) is 48.5 Å². The van der Waals surface area contributed by atoms with Crippen LogP contribution in [0.5, 0.6) is 5.75 Å². The number of nitriles is 1. The highest BCUT2D eigenvalue weighted by molar-refractivity contribution is 7.84. The number of hydrogen-bond acceptors (Lipinski definition) is 6. The molecule has 1 fully saturated rings. The number of carbonyl (C=O) groups excluding carboxylic acids is 1. The fourth-order valence-electron chi connectivity index (χ4n) is 6.69. The summed E-state index contributed by atoms with van der Waals surface area (Å²) in [4.78, 5) is 19.4. The summed E-state index contributed by atoms with van der Waals surface area (Å²) < 4.78 is 30.9. The third kappa shape index (κ3) is 7.96. The third-order valence-electron chi connectivity index (χ3n) is 9.23. The number of ether oxygens (including phenoxy) is 1. The van der Waals surface area contributed by atoms with E-state index in [9.17, 15) is 18.5 Å². The van der Waals surface area contributed by atoms with Crippen molar-refractivity contribution in [2.75, 3.05) is 52.8 Å². The zero-order chi connectivity index (χ0) is 34.5. The molecule has 3 atom stereocenters. The minimum Gasteiger partial charge on any atom is -0.497 e. The van der Waals surface area contributed by atoms with Crippen LogP contribution in [0, 0.1) is 11.3 Å². The summed E-state index contributed by atoms with van der Waals surface area (Å²) in [6, 6.07) is 22.7. The number of likely N-dealkylation sites (N-methyl/N-ethyl adjacent to an activating group) is 1. The van der Waals surface area contributed by atoms with Crippen LogP contribution in [-0.4, -0.2) is 77.0 Å². The van der Waals surface area contributed by atoms with Crippen molar-refractivity contribution < 1.29 is 17.9 Å². The average Bonchev–Trinajstić information content (AvgIpc) is 3.09. The Balaban J connectivity index is 1.36. The standard InChI is InChI=1S/C37H39Cl2N3O4S2/c1-41(37(43)35-31-8-6-5-7-26(31)19-28(22-40)36(35)48(4)45)23-27(25-9-12-32(38)33(39)20-25)15-18-42-16-13-24(14-17-42)30-11-10-29(46-2)21-34(30)47(3)44/h5-12,19-21,24,27H,13-18,23H2,1-4H3/t27?,47-,48?/m0/s1. The molecule has 1 heterocycles. The predicted molar refractivity (Wildman–Crippen MR) is 196 cm³/mol. The number of carbonyl (C=O) groups is 1. The van der Waals surface area contributed by atoms with Crippen molar-refractivity contribution >= 4 is 61.5 Å². The normalized spacial score (nSPS) is 15.9. The molecule has 1 aliphatic heterocycles. The predicted octanol–water partition coefficient (Wildman–Crippen LogP) is 7.63. The van der Waals surface area contributed by atoms with E-state index in [0.29, 0.717) is 39.2 Å². The van der Waals surface area contributed by atoms with Crippen LogP contribution in [0.4, 0.5) is 0 Å². The van der Waals surface area contributed by atoms with Crippen molar-refractivity contribution in [2.24, 2.45) is 0 Å².